The molecule has 0 aromatic heterocycles. The number of carbonyl (C=O) groups is 2. The molecular formula is C35H33F9N2O6S. The van der Waals surface area contributed by atoms with Crippen molar-refractivity contribution in [3.63, 3.8) is 0 Å². The Morgan fingerprint density at radius 1 is 0.792 bits per heavy atom. The van der Waals surface area contributed by atoms with Gasteiger partial charge in [-0.1, -0.05) is 30.3 Å². The van der Waals surface area contributed by atoms with Gasteiger partial charge >= 0.3 is 12.4 Å². The number of amides is 2. The van der Waals surface area contributed by atoms with Crippen LogP contribution in [0.1, 0.15) is 42.9 Å². The van der Waals surface area contributed by atoms with Crippen LogP contribution in [0.15, 0.2) is 71.6 Å². The Hall–Kier alpha value is -4.16. The van der Waals surface area contributed by atoms with Crippen LogP contribution in [-0.4, -0.2) is 80.3 Å². The van der Waals surface area contributed by atoms with Gasteiger partial charge in [0.25, 0.3) is 5.60 Å². The SMILES string of the molecule is CC(=O)N1CCC(CO)(C(=O)N2CCC(c3ccc(C(OCc4c(F)cccc4F)(C(F)(F)F)C(F)(F)F)cc3)(S(=O)(=O)c3ccc(F)cc3)C2)CC1. The Labute approximate surface area is 298 Å². The van der Waals surface area contributed by atoms with Crippen LogP contribution in [0.2, 0.25) is 0 Å². The molecule has 0 spiro atoms. The lowest BCUT2D eigenvalue weighted by Crippen LogP contribution is -2.56. The molecule has 3 aromatic rings. The molecule has 288 valence electrons. The van der Waals surface area contributed by atoms with Gasteiger partial charge in [0.15, 0.2) is 9.84 Å². The van der Waals surface area contributed by atoms with Crippen molar-refractivity contribution in [3.05, 3.63) is 101 Å². The number of carbonyl (C=O) groups excluding carboxylic acids is 2. The summed E-state index contributed by atoms with van der Waals surface area (Å²) in [6.07, 6.45) is -12.9. The van der Waals surface area contributed by atoms with E-state index >= 15 is 0 Å². The fourth-order valence-corrected chi connectivity index (χ4v) is 9.10. The van der Waals surface area contributed by atoms with Crippen molar-refractivity contribution in [1.29, 1.82) is 0 Å². The summed E-state index contributed by atoms with van der Waals surface area (Å²) < 4.78 is 161. The van der Waals surface area contributed by atoms with Crippen LogP contribution >= 0.6 is 0 Å². The first-order valence-corrected chi connectivity index (χ1v) is 17.6. The maximum Gasteiger partial charge on any atom is 0.430 e. The van der Waals surface area contributed by atoms with Gasteiger partial charge in [0.05, 0.1) is 23.5 Å². The number of aliphatic hydroxyl groups excluding tert-OH is 1. The monoisotopic (exact) mass is 780 g/mol. The third-order valence-electron chi connectivity index (χ3n) is 10.2. The van der Waals surface area contributed by atoms with Gasteiger partial charge in [-0.05, 0) is 61.2 Å². The zero-order valence-electron chi connectivity index (χ0n) is 27.9. The van der Waals surface area contributed by atoms with E-state index in [0.717, 1.165) is 35.2 Å². The summed E-state index contributed by atoms with van der Waals surface area (Å²) in [6.45, 7) is -1.83. The molecule has 0 aliphatic carbocycles. The number of halogens is 9. The molecule has 1 unspecified atom stereocenters. The molecular weight excluding hydrogens is 747 g/mol. The Bertz CT molecular complexity index is 1910. The van der Waals surface area contributed by atoms with Gasteiger partial charge in [-0.2, -0.15) is 26.3 Å². The largest absolute Gasteiger partial charge is 0.430 e. The van der Waals surface area contributed by atoms with Crippen LogP contribution < -0.4 is 0 Å². The van der Waals surface area contributed by atoms with Crippen LogP contribution in [-0.2, 0) is 41.1 Å². The maximum absolute atomic E-state index is 14.6. The van der Waals surface area contributed by atoms with Gasteiger partial charge in [0, 0.05) is 44.2 Å². The second-order valence-electron chi connectivity index (χ2n) is 13.1. The second-order valence-corrected chi connectivity index (χ2v) is 15.4. The number of benzene rings is 3. The lowest BCUT2D eigenvalue weighted by Gasteiger charge is -2.41. The van der Waals surface area contributed by atoms with Crippen LogP contribution in [0.5, 0.6) is 0 Å². The molecule has 2 aliphatic heterocycles. The van der Waals surface area contributed by atoms with Gasteiger partial charge in [-0.3, -0.25) is 9.59 Å². The van der Waals surface area contributed by atoms with E-state index in [0.29, 0.717) is 36.4 Å². The summed E-state index contributed by atoms with van der Waals surface area (Å²) in [7, 11) is -4.71. The topological polar surface area (TPSA) is 104 Å². The van der Waals surface area contributed by atoms with Crippen molar-refractivity contribution in [1.82, 2.24) is 9.80 Å². The quantitative estimate of drug-likeness (QED) is 0.206. The number of hydrogen-bond acceptors (Lipinski definition) is 6. The molecule has 0 saturated carbocycles. The Kier molecular flexibility index (Phi) is 10.8. The lowest BCUT2D eigenvalue weighted by molar-refractivity contribution is -0.392. The second kappa shape index (κ2) is 14.2. The van der Waals surface area contributed by atoms with Crippen molar-refractivity contribution in [2.24, 2.45) is 5.41 Å². The van der Waals surface area contributed by atoms with E-state index in [1.54, 1.807) is 0 Å². The molecule has 2 amide bonds. The van der Waals surface area contributed by atoms with E-state index in [1.165, 1.54) is 11.8 Å². The molecule has 8 nitrogen and oxygen atoms in total. The number of likely N-dealkylation sites (tertiary alicyclic amines) is 2. The molecule has 2 aliphatic rings. The molecule has 18 heteroatoms. The highest BCUT2D eigenvalue weighted by Crippen LogP contribution is 2.54. The smallest absolute Gasteiger partial charge is 0.395 e. The highest BCUT2D eigenvalue weighted by molar-refractivity contribution is 7.92. The van der Waals surface area contributed by atoms with Crippen LogP contribution in [0.3, 0.4) is 0 Å². The van der Waals surface area contributed by atoms with Gasteiger partial charge in [-0.15, -0.1) is 0 Å². The van der Waals surface area contributed by atoms with Gasteiger partial charge in [0.1, 0.15) is 22.2 Å². The Morgan fingerprint density at radius 2 is 1.32 bits per heavy atom. The Balaban J connectivity index is 1.59. The minimum atomic E-state index is -6.26. The third kappa shape index (κ3) is 6.88. The minimum absolute atomic E-state index is 0.0264. The summed E-state index contributed by atoms with van der Waals surface area (Å²) >= 11 is 0. The number of ether oxygens (including phenoxy) is 1. The van der Waals surface area contributed by atoms with Crippen molar-refractivity contribution < 1.29 is 67.4 Å². The zero-order chi connectivity index (χ0) is 39.2. The van der Waals surface area contributed by atoms with E-state index in [1.807, 2.05) is 0 Å². The summed E-state index contributed by atoms with van der Waals surface area (Å²) in [5.41, 5.74) is -9.68. The fraction of sp³-hybridized carbons (Fsp3) is 0.429. The highest BCUT2D eigenvalue weighted by atomic mass is 32.2. The molecule has 3 aromatic carbocycles. The third-order valence-corrected chi connectivity index (χ3v) is 12.7. The normalized spacial score (nSPS) is 19.8. The summed E-state index contributed by atoms with van der Waals surface area (Å²) in [6, 6.07) is 7.69. The standard InChI is InChI=1S/C35H33F9N2O6S/c1-22(48)45-16-13-31(21-47,14-17-45)30(49)46-18-15-32(20-46,53(50,51)26-11-9-25(36)10-12-26)23-5-7-24(8-6-23)33(34(39,40)41,35(42,43)44)52-19-27-28(37)3-2-4-29(27)38/h2-12,47H,13-21H2,1H3. The molecule has 2 saturated heterocycles. The van der Waals surface area contributed by atoms with Crippen LogP contribution in [0, 0.1) is 22.9 Å². The molecule has 1 atom stereocenters. The first-order valence-electron chi connectivity index (χ1n) is 16.1. The number of alkyl halides is 6. The van der Waals surface area contributed by atoms with Crippen LogP contribution in [0.4, 0.5) is 39.5 Å². The van der Waals surface area contributed by atoms with Crippen molar-refractivity contribution in [2.45, 2.75) is 60.4 Å². The van der Waals surface area contributed by atoms with Crippen molar-refractivity contribution in [2.75, 3.05) is 32.8 Å². The van der Waals surface area contributed by atoms with Gasteiger partial charge < -0.3 is 19.6 Å². The zero-order valence-corrected chi connectivity index (χ0v) is 28.7. The number of aliphatic hydroxyl groups is 1. The summed E-state index contributed by atoms with van der Waals surface area (Å²) in [5, 5.41) is 10.4. The number of piperidine rings is 1. The number of hydrogen-bond donors (Lipinski definition) is 1. The maximum atomic E-state index is 14.6. The molecule has 1 N–H and O–H groups in total. The predicted octanol–water partition coefficient (Wildman–Crippen LogP) is 6.16. The fourth-order valence-electron chi connectivity index (χ4n) is 7.02. The molecule has 0 bridgehead atoms. The van der Waals surface area contributed by atoms with E-state index in [2.05, 4.69) is 4.74 Å². The predicted molar refractivity (Wildman–Crippen MR) is 169 cm³/mol. The number of sulfone groups is 1. The lowest BCUT2D eigenvalue weighted by atomic mass is 9.77. The summed E-state index contributed by atoms with van der Waals surface area (Å²) in [5.74, 6) is -4.65. The molecule has 2 heterocycles. The van der Waals surface area contributed by atoms with E-state index in [-0.39, 0.29) is 43.9 Å². The average molecular weight is 781 g/mol. The Morgan fingerprint density at radius 3 is 1.81 bits per heavy atom. The van der Waals surface area contributed by atoms with E-state index < -0.39 is 104 Å². The van der Waals surface area contributed by atoms with E-state index in [4.69, 9.17) is 0 Å². The van der Waals surface area contributed by atoms with Gasteiger partial charge in [-0.25, -0.2) is 21.6 Å². The molecule has 53 heavy (non-hydrogen) atoms. The van der Waals surface area contributed by atoms with E-state index in [9.17, 15) is 62.6 Å². The van der Waals surface area contributed by atoms with Crippen LogP contribution in [0.25, 0.3) is 0 Å². The van der Waals surface area contributed by atoms with Crippen molar-refractivity contribution in [3.8, 4) is 0 Å². The van der Waals surface area contributed by atoms with Gasteiger partial charge in [0.2, 0.25) is 11.8 Å². The highest BCUT2D eigenvalue weighted by Gasteiger charge is 2.73. The molecule has 5 rings (SSSR count). The molecule has 2 fully saturated rings. The molecule has 0 radical (unpaired) electrons. The van der Waals surface area contributed by atoms with Crippen molar-refractivity contribution >= 4 is 21.7 Å². The first-order chi connectivity index (χ1) is 24.7. The summed E-state index contributed by atoms with van der Waals surface area (Å²) in [4.78, 5) is 28.0. The number of rotatable bonds is 9. The average Bonchev–Trinajstić information content (AvgIpc) is 3.56. The first kappa shape index (κ1) is 40.0. The number of nitrogens with zero attached hydrogens (tertiary/aromatic N) is 2. The minimum Gasteiger partial charge on any atom is -0.395 e.